The second kappa shape index (κ2) is 6.32. The Morgan fingerprint density at radius 3 is 2.86 bits per heavy atom. The van der Waals surface area contributed by atoms with Gasteiger partial charge in [-0.15, -0.1) is 0 Å². The molecule has 2 saturated carbocycles. The van der Waals surface area contributed by atoms with Crippen LogP contribution in [0.1, 0.15) is 44.1 Å². The minimum atomic E-state index is -0.397. The maximum Gasteiger partial charge on any atom is 0.308 e. The zero-order valence-electron chi connectivity index (χ0n) is 12.7. The van der Waals surface area contributed by atoms with Gasteiger partial charge < -0.3 is 10.5 Å². The van der Waals surface area contributed by atoms with Crippen LogP contribution >= 0.6 is 12.2 Å². The summed E-state index contributed by atoms with van der Waals surface area (Å²) in [5.41, 5.74) is 6.82. The summed E-state index contributed by atoms with van der Waals surface area (Å²) < 4.78 is 5.56. The van der Waals surface area contributed by atoms with Crippen LogP contribution in [0.2, 0.25) is 0 Å². The molecule has 4 nitrogen and oxygen atoms in total. The van der Waals surface area contributed by atoms with Crippen LogP contribution in [0.15, 0.2) is 24.5 Å². The standard InChI is InChI=1S/C17H22N2O2S/c18-16(22)17(13-5-3-9-19-10-13)8-2-1-4-14(17)11-21-15(20)12-6-7-12/h3,5,9-10,12,14H,1-2,4,6-8,11H2,(H2,18,22). The molecule has 2 fully saturated rings. The van der Waals surface area contributed by atoms with Gasteiger partial charge in [-0.3, -0.25) is 9.78 Å². The van der Waals surface area contributed by atoms with Gasteiger partial charge in [0.15, 0.2) is 0 Å². The number of thiocarbonyl (C=S) groups is 1. The molecule has 0 bridgehead atoms. The zero-order chi connectivity index (χ0) is 15.6. The average molecular weight is 318 g/mol. The van der Waals surface area contributed by atoms with E-state index in [1.54, 1.807) is 6.20 Å². The normalized spacial score (nSPS) is 28.1. The van der Waals surface area contributed by atoms with E-state index in [-0.39, 0.29) is 17.8 Å². The fourth-order valence-corrected chi connectivity index (χ4v) is 3.95. The van der Waals surface area contributed by atoms with Crippen LogP contribution in [0.25, 0.3) is 0 Å². The van der Waals surface area contributed by atoms with E-state index in [0.29, 0.717) is 11.6 Å². The molecule has 2 aliphatic rings. The van der Waals surface area contributed by atoms with Gasteiger partial charge in [0.25, 0.3) is 0 Å². The van der Waals surface area contributed by atoms with Gasteiger partial charge in [-0.1, -0.05) is 31.1 Å². The highest BCUT2D eigenvalue weighted by atomic mass is 32.1. The lowest BCUT2D eigenvalue weighted by molar-refractivity contribution is -0.147. The van der Waals surface area contributed by atoms with E-state index in [4.69, 9.17) is 22.7 Å². The third kappa shape index (κ3) is 2.86. The third-order valence-corrected chi connectivity index (χ3v) is 5.39. The number of hydrogen-bond acceptors (Lipinski definition) is 4. The molecular formula is C17H22N2O2S. The van der Waals surface area contributed by atoms with Gasteiger partial charge >= 0.3 is 5.97 Å². The van der Waals surface area contributed by atoms with Crippen molar-refractivity contribution in [3.05, 3.63) is 30.1 Å². The number of hydrogen-bond donors (Lipinski definition) is 1. The fourth-order valence-electron chi connectivity index (χ4n) is 3.56. The van der Waals surface area contributed by atoms with Crippen molar-refractivity contribution in [3.8, 4) is 0 Å². The summed E-state index contributed by atoms with van der Waals surface area (Å²) in [6.45, 7) is 0.404. The molecule has 2 atom stereocenters. The van der Waals surface area contributed by atoms with Crippen LogP contribution in [0, 0.1) is 11.8 Å². The summed E-state index contributed by atoms with van der Waals surface area (Å²) in [4.78, 5) is 16.6. The molecule has 0 radical (unpaired) electrons. The highest BCUT2D eigenvalue weighted by molar-refractivity contribution is 7.80. The van der Waals surface area contributed by atoms with E-state index in [2.05, 4.69) is 4.98 Å². The largest absolute Gasteiger partial charge is 0.465 e. The number of nitrogens with zero attached hydrogens (tertiary/aromatic N) is 1. The van der Waals surface area contributed by atoms with E-state index >= 15 is 0 Å². The summed E-state index contributed by atoms with van der Waals surface area (Å²) in [6, 6.07) is 3.95. The lowest BCUT2D eigenvalue weighted by Crippen LogP contribution is -2.50. The van der Waals surface area contributed by atoms with E-state index in [9.17, 15) is 4.79 Å². The monoisotopic (exact) mass is 318 g/mol. The Bertz CT molecular complexity index is 559. The molecule has 118 valence electrons. The first kappa shape index (κ1) is 15.4. The molecule has 0 amide bonds. The number of carbonyl (C=O) groups is 1. The first-order valence-electron chi connectivity index (χ1n) is 8.01. The first-order valence-corrected chi connectivity index (χ1v) is 8.42. The number of nitrogens with two attached hydrogens (primary N) is 1. The summed E-state index contributed by atoms with van der Waals surface area (Å²) in [6.07, 6.45) is 9.61. The molecule has 2 aliphatic carbocycles. The third-order valence-electron chi connectivity index (χ3n) is 5.02. The predicted molar refractivity (Wildman–Crippen MR) is 88.3 cm³/mol. The van der Waals surface area contributed by atoms with E-state index in [1.807, 2.05) is 18.3 Å². The van der Waals surface area contributed by atoms with Gasteiger partial charge in [0, 0.05) is 18.3 Å². The van der Waals surface area contributed by atoms with Crippen molar-refractivity contribution in [1.82, 2.24) is 4.98 Å². The molecule has 2 N–H and O–H groups in total. The summed E-state index contributed by atoms with van der Waals surface area (Å²) in [7, 11) is 0. The van der Waals surface area contributed by atoms with Gasteiger partial charge in [-0.2, -0.15) is 0 Å². The topological polar surface area (TPSA) is 65.2 Å². The Hall–Kier alpha value is -1.49. The molecule has 5 heteroatoms. The van der Waals surface area contributed by atoms with Crippen LogP contribution in [0.4, 0.5) is 0 Å². The van der Waals surface area contributed by atoms with Crippen molar-refractivity contribution >= 4 is 23.2 Å². The minimum absolute atomic E-state index is 0.0615. The lowest BCUT2D eigenvalue weighted by atomic mass is 9.63. The molecule has 0 spiro atoms. The predicted octanol–water partition coefficient (Wildman–Crippen LogP) is 2.75. The summed E-state index contributed by atoms with van der Waals surface area (Å²) >= 11 is 5.44. The quantitative estimate of drug-likeness (QED) is 0.668. The fraction of sp³-hybridized carbons (Fsp3) is 0.588. The maximum absolute atomic E-state index is 11.9. The Morgan fingerprint density at radius 1 is 1.41 bits per heavy atom. The van der Waals surface area contributed by atoms with Crippen LogP contribution < -0.4 is 5.73 Å². The molecule has 0 aromatic carbocycles. The highest BCUT2D eigenvalue weighted by Crippen LogP contribution is 2.44. The molecule has 3 rings (SSSR count). The van der Waals surface area contributed by atoms with Gasteiger partial charge in [-0.05, 0) is 37.3 Å². The van der Waals surface area contributed by atoms with E-state index in [1.165, 1.54) is 0 Å². The van der Waals surface area contributed by atoms with Crippen LogP contribution in [0.3, 0.4) is 0 Å². The van der Waals surface area contributed by atoms with E-state index in [0.717, 1.165) is 44.1 Å². The van der Waals surface area contributed by atoms with Crippen molar-refractivity contribution < 1.29 is 9.53 Å². The van der Waals surface area contributed by atoms with Crippen molar-refractivity contribution in [3.63, 3.8) is 0 Å². The van der Waals surface area contributed by atoms with Crippen molar-refractivity contribution in [1.29, 1.82) is 0 Å². The molecular weight excluding hydrogens is 296 g/mol. The van der Waals surface area contributed by atoms with Gasteiger partial charge in [-0.25, -0.2) is 0 Å². The van der Waals surface area contributed by atoms with Gasteiger partial charge in [0.05, 0.1) is 22.9 Å². The average Bonchev–Trinajstić information content (AvgIpc) is 3.38. The molecule has 1 aromatic rings. The number of carbonyl (C=O) groups excluding carboxylic acids is 1. The van der Waals surface area contributed by atoms with Crippen LogP contribution in [0.5, 0.6) is 0 Å². The number of aromatic nitrogens is 1. The lowest BCUT2D eigenvalue weighted by Gasteiger charge is -2.43. The number of rotatable bonds is 5. The molecule has 1 aromatic heterocycles. The Labute approximate surface area is 136 Å². The molecule has 22 heavy (non-hydrogen) atoms. The van der Waals surface area contributed by atoms with Crippen molar-refractivity contribution in [2.75, 3.05) is 6.61 Å². The molecule has 1 heterocycles. The van der Waals surface area contributed by atoms with Gasteiger partial charge in [0.1, 0.15) is 0 Å². The number of pyridine rings is 1. The Morgan fingerprint density at radius 2 is 2.23 bits per heavy atom. The van der Waals surface area contributed by atoms with Crippen molar-refractivity contribution in [2.45, 2.75) is 43.9 Å². The first-order chi connectivity index (χ1) is 10.6. The van der Waals surface area contributed by atoms with Crippen LogP contribution in [-0.2, 0) is 14.9 Å². The maximum atomic E-state index is 11.9. The molecule has 2 unspecified atom stereocenters. The molecule has 0 saturated heterocycles. The SMILES string of the molecule is NC(=S)C1(c2cccnc2)CCCCC1COC(=O)C1CC1. The smallest absolute Gasteiger partial charge is 0.308 e. The number of ether oxygens (including phenoxy) is 1. The molecule has 0 aliphatic heterocycles. The zero-order valence-corrected chi connectivity index (χ0v) is 13.5. The van der Waals surface area contributed by atoms with Gasteiger partial charge in [0.2, 0.25) is 0 Å². The Balaban J connectivity index is 1.83. The second-order valence-corrected chi connectivity index (χ2v) is 6.86. The minimum Gasteiger partial charge on any atom is -0.465 e. The Kier molecular flexibility index (Phi) is 4.43. The van der Waals surface area contributed by atoms with E-state index < -0.39 is 5.41 Å². The summed E-state index contributed by atoms with van der Waals surface area (Å²) in [5.74, 6) is 0.209. The van der Waals surface area contributed by atoms with Crippen LogP contribution in [-0.4, -0.2) is 22.5 Å². The summed E-state index contributed by atoms with van der Waals surface area (Å²) in [5, 5.41) is 0. The van der Waals surface area contributed by atoms with Crippen molar-refractivity contribution in [2.24, 2.45) is 17.6 Å². The second-order valence-electron chi connectivity index (χ2n) is 6.42. The highest BCUT2D eigenvalue weighted by Gasteiger charge is 2.46. The number of esters is 1.